The number of nitrogens with zero attached hydrogens (tertiary/aromatic N) is 2. The van der Waals surface area contributed by atoms with Gasteiger partial charge in [-0.25, -0.2) is 4.98 Å². The first-order valence-corrected chi connectivity index (χ1v) is 5.69. The van der Waals surface area contributed by atoms with Gasteiger partial charge < -0.3 is 15.7 Å². The van der Waals surface area contributed by atoms with Crippen LogP contribution in [0.3, 0.4) is 0 Å². The Morgan fingerprint density at radius 2 is 2.17 bits per heavy atom. The number of nitrogens with one attached hydrogen (secondary N) is 1. The number of aromatic nitrogens is 1. The Morgan fingerprint density at radius 1 is 1.44 bits per heavy atom. The van der Waals surface area contributed by atoms with Crippen LogP contribution in [0.5, 0.6) is 0 Å². The average Bonchev–Trinajstić information content (AvgIpc) is 2.37. The Morgan fingerprint density at radius 3 is 2.83 bits per heavy atom. The number of fused-ring (bicyclic) bond motifs is 1. The molecule has 0 aliphatic heterocycles. The molecule has 4 N–H and O–H groups in total. The maximum Gasteiger partial charge on any atom is 0.129 e. The molecule has 1 heterocycles. The molecule has 0 radical (unpaired) electrons. The molecule has 0 unspecified atom stereocenters. The lowest BCUT2D eigenvalue weighted by Crippen LogP contribution is -2.23. The van der Waals surface area contributed by atoms with E-state index in [9.17, 15) is 0 Å². The smallest absolute Gasteiger partial charge is 0.129 e. The average molecular weight is 244 g/mol. The number of nitrogens with two attached hydrogens (primary N) is 1. The van der Waals surface area contributed by atoms with Gasteiger partial charge >= 0.3 is 0 Å². The number of benzene rings is 1. The Bertz CT molecular complexity index is 582. The summed E-state index contributed by atoms with van der Waals surface area (Å²) in [6.45, 7) is 0.545. The van der Waals surface area contributed by atoms with E-state index in [0.29, 0.717) is 17.9 Å². The number of aliphatic hydroxyl groups is 1. The first-order chi connectivity index (χ1) is 8.63. The van der Waals surface area contributed by atoms with E-state index >= 15 is 0 Å². The number of hydrogen-bond donors (Lipinski definition) is 3. The van der Waals surface area contributed by atoms with Crippen LogP contribution in [0, 0.1) is 5.41 Å². The lowest BCUT2D eigenvalue weighted by molar-refractivity contribution is 0.304. The molecule has 0 saturated heterocycles. The van der Waals surface area contributed by atoms with Crippen LogP contribution in [0.1, 0.15) is 5.56 Å². The third-order valence-electron chi connectivity index (χ3n) is 2.82. The summed E-state index contributed by atoms with van der Waals surface area (Å²) in [5.41, 5.74) is 7.07. The van der Waals surface area contributed by atoms with Crippen LogP contribution in [0.4, 0.5) is 5.82 Å². The van der Waals surface area contributed by atoms with Crippen molar-refractivity contribution in [1.82, 2.24) is 4.98 Å². The van der Waals surface area contributed by atoms with Crippen molar-refractivity contribution in [2.24, 2.45) is 5.73 Å². The van der Waals surface area contributed by atoms with E-state index in [2.05, 4.69) is 4.98 Å². The topological polar surface area (TPSA) is 86.2 Å². The van der Waals surface area contributed by atoms with Gasteiger partial charge in [-0.2, -0.15) is 0 Å². The van der Waals surface area contributed by atoms with Gasteiger partial charge in [0.2, 0.25) is 0 Å². The molecule has 2 rings (SSSR count). The fourth-order valence-electron chi connectivity index (χ4n) is 1.84. The number of likely N-dealkylation sites (N-methyl/N-ethyl adjacent to an activating group) is 1. The van der Waals surface area contributed by atoms with Gasteiger partial charge in [0.1, 0.15) is 11.7 Å². The van der Waals surface area contributed by atoms with E-state index in [0.717, 1.165) is 10.9 Å². The van der Waals surface area contributed by atoms with Gasteiger partial charge in [-0.05, 0) is 12.1 Å². The minimum Gasteiger partial charge on any atom is -0.395 e. The van der Waals surface area contributed by atoms with E-state index in [-0.39, 0.29) is 12.4 Å². The normalized spacial score (nSPS) is 10.6. The number of hydrogen-bond acceptors (Lipinski definition) is 4. The number of rotatable bonds is 4. The molecule has 18 heavy (non-hydrogen) atoms. The summed E-state index contributed by atoms with van der Waals surface area (Å²) in [5, 5.41) is 17.5. The maximum atomic E-state index is 8.95. The first kappa shape index (κ1) is 12.3. The van der Waals surface area contributed by atoms with Gasteiger partial charge in [0.05, 0.1) is 12.1 Å². The van der Waals surface area contributed by atoms with Gasteiger partial charge in [0, 0.05) is 24.5 Å². The summed E-state index contributed by atoms with van der Waals surface area (Å²) >= 11 is 0. The number of pyridine rings is 1. The Kier molecular flexibility index (Phi) is 3.43. The number of nitrogen functional groups attached to an aromatic ring is 1. The highest BCUT2D eigenvalue weighted by Crippen LogP contribution is 2.21. The van der Waals surface area contributed by atoms with Crippen LogP contribution in [0.25, 0.3) is 10.9 Å². The summed E-state index contributed by atoms with van der Waals surface area (Å²) in [6.07, 6.45) is 0. The molecule has 5 heteroatoms. The highest BCUT2D eigenvalue weighted by molar-refractivity contribution is 6.07. The van der Waals surface area contributed by atoms with E-state index in [1.807, 2.05) is 36.2 Å². The third-order valence-corrected chi connectivity index (χ3v) is 2.82. The van der Waals surface area contributed by atoms with Gasteiger partial charge in [-0.1, -0.05) is 18.2 Å². The molecule has 0 saturated carbocycles. The molecule has 0 fully saturated rings. The number of aliphatic hydroxyl groups excluding tert-OH is 1. The molecule has 1 aromatic heterocycles. The summed E-state index contributed by atoms with van der Waals surface area (Å²) in [4.78, 5) is 6.33. The number of anilines is 1. The maximum absolute atomic E-state index is 8.95. The third kappa shape index (κ3) is 2.26. The zero-order valence-corrected chi connectivity index (χ0v) is 10.2. The SMILES string of the molecule is CN(CCO)c1cc(C(=N)N)c2ccccc2n1. The molecule has 1 aromatic carbocycles. The lowest BCUT2D eigenvalue weighted by Gasteiger charge is -2.18. The van der Waals surface area contributed by atoms with Crippen molar-refractivity contribution >= 4 is 22.6 Å². The van der Waals surface area contributed by atoms with E-state index in [1.54, 1.807) is 6.07 Å². The first-order valence-electron chi connectivity index (χ1n) is 5.69. The Labute approximate surface area is 105 Å². The highest BCUT2D eigenvalue weighted by atomic mass is 16.3. The van der Waals surface area contributed by atoms with Crippen LogP contribution in [0.15, 0.2) is 30.3 Å². The fourth-order valence-corrected chi connectivity index (χ4v) is 1.84. The largest absolute Gasteiger partial charge is 0.395 e. The molecular formula is C13H16N4O. The van der Waals surface area contributed by atoms with Gasteiger partial charge in [-0.3, -0.25) is 5.41 Å². The molecule has 94 valence electrons. The molecule has 2 aromatic rings. The van der Waals surface area contributed by atoms with E-state index in [4.69, 9.17) is 16.2 Å². The number of para-hydroxylation sites is 1. The second-order valence-electron chi connectivity index (χ2n) is 4.10. The van der Waals surface area contributed by atoms with E-state index in [1.165, 1.54) is 0 Å². The van der Waals surface area contributed by atoms with Gasteiger partial charge in [0.15, 0.2) is 0 Å². The van der Waals surface area contributed by atoms with Crippen LogP contribution in [-0.4, -0.2) is 36.1 Å². The molecule has 0 aliphatic rings. The molecule has 0 bridgehead atoms. The van der Waals surface area contributed by atoms with E-state index < -0.39 is 0 Å². The van der Waals surface area contributed by atoms with Crippen molar-refractivity contribution in [3.63, 3.8) is 0 Å². The van der Waals surface area contributed by atoms with Crippen LogP contribution < -0.4 is 10.6 Å². The van der Waals surface area contributed by atoms with Crippen LogP contribution in [-0.2, 0) is 0 Å². The standard InChI is InChI=1S/C13H16N4O/c1-17(6-7-18)12-8-10(13(14)15)9-4-2-3-5-11(9)16-12/h2-5,8,18H,6-7H2,1H3,(H3,14,15). The van der Waals surface area contributed by atoms with Gasteiger partial charge in [-0.15, -0.1) is 0 Å². The molecule has 0 amide bonds. The zero-order valence-electron chi connectivity index (χ0n) is 10.2. The molecule has 5 nitrogen and oxygen atoms in total. The fraction of sp³-hybridized carbons (Fsp3) is 0.231. The molecule has 0 aliphatic carbocycles. The van der Waals surface area contributed by atoms with Crippen molar-refractivity contribution in [2.45, 2.75) is 0 Å². The summed E-state index contributed by atoms with van der Waals surface area (Å²) in [7, 11) is 1.84. The zero-order chi connectivity index (χ0) is 13.1. The summed E-state index contributed by atoms with van der Waals surface area (Å²) in [6, 6.07) is 9.36. The van der Waals surface area contributed by atoms with Crippen molar-refractivity contribution in [1.29, 1.82) is 5.41 Å². The minimum atomic E-state index is 0.0206. The van der Waals surface area contributed by atoms with Crippen LogP contribution in [0.2, 0.25) is 0 Å². The number of amidine groups is 1. The molecule has 0 atom stereocenters. The van der Waals surface area contributed by atoms with Crippen LogP contribution >= 0.6 is 0 Å². The van der Waals surface area contributed by atoms with Crippen molar-refractivity contribution in [3.05, 3.63) is 35.9 Å². The Hall–Kier alpha value is -2.14. The quantitative estimate of drug-likeness (QED) is 0.552. The van der Waals surface area contributed by atoms with Crippen molar-refractivity contribution in [3.8, 4) is 0 Å². The second-order valence-corrected chi connectivity index (χ2v) is 4.10. The molecular weight excluding hydrogens is 228 g/mol. The summed E-state index contributed by atoms with van der Waals surface area (Å²) in [5.74, 6) is 0.722. The molecule has 0 spiro atoms. The minimum absolute atomic E-state index is 0.0206. The lowest BCUT2D eigenvalue weighted by atomic mass is 10.1. The van der Waals surface area contributed by atoms with Crippen molar-refractivity contribution < 1.29 is 5.11 Å². The van der Waals surface area contributed by atoms with Crippen molar-refractivity contribution in [2.75, 3.05) is 25.1 Å². The van der Waals surface area contributed by atoms with Gasteiger partial charge in [0.25, 0.3) is 0 Å². The Balaban J connectivity index is 2.60. The monoisotopic (exact) mass is 244 g/mol. The summed E-state index contributed by atoms with van der Waals surface area (Å²) < 4.78 is 0. The highest BCUT2D eigenvalue weighted by Gasteiger charge is 2.10. The predicted molar refractivity (Wildman–Crippen MR) is 73.1 cm³/mol. The predicted octanol–water partition coefficient (Wildman–Crippen LogP) is 0.947. The second kappa shape index (κ2) is 5.01.